The van der Waals surface area contributed by atoms with Crippen LogP contribution in [-0.2, 0) is 30.5 Å². The molecule has 0 aromatic heterocycles. The molecule has 0 atom stereocenters. The van der Waals surface area contributed by atoms with Gasteiger partial charge in [-0.15, -0.1) is 0 Å². The predicted molar refractivity (Wildman–Crippen MR) is 139 cm³/mol. The van der Waals surface area contributed by atoms with Gasteiger partial charge in [0.2, 0.25) is 5.91 Å². The molecule has 4 rings (SSSR count). The molecule has 39 heavy (non-hydrogen) atoms. The van der Waals surface area contributed by atoms with Gasteiger partial charge in [-0.2, -0.15) is 13.2 Å². The molecule has 4 aromatic rings. The van der Waals surface area contributed by atoms with E-state index >= 15 is 0 Å². The minimum atomic E-state index is -4.43. The number of aryl methyl sites for hydroxylation is 1. The number of rotatable bonds is 9. The molecule has 0 unspecified atom stereocenters. The van der Waals surface area contributed by atoms with Gasteiger partial charge in [0.05, 0.1) is 11.1 Å². The smallest absolute Gasteiger partial charge is 0.416 e. The minimum absolute atomic E-state index is 0.0603. The Labute approximate surface area is 223 Å². The minimum Gasteiger partial charge on any atom is -0.478 e. The molecular formula is C31H25F4NO3. The number of benzene rings is 4. The van der Waals surface area contributed by atoms with E-state index in [9.17, 15) is 32.3 Å². The number of carboxylic acid groups (broad SMARTS) is 1. The van der Waals surface area contributed by atoms with Gasteiger partial charge in [-0.1, -0.05) is 66.7 Å². The molecule has 0 radical (unpaired) electrons. The molecule has 4 nitrogen and oxygen atoms in total. The maximum absolute atomic E-state index is 13.8. The molecule has 0 spiro atoms. The summed E-state index contributed by atoms with van der Waals surface area (Å²) in [5.41, 5.74) is 2.69. The third-order valence-corrected chi connectivity index (χ3v) is 6.32. The summed E-state index contributed by atoms with van der Waals surface area (Å²) in [4.78, 5) is 26.4. The van der Waals surface area contributed by atoms with E-state index in [-0.39, 0.29) is 37.4 Å². The SMILES string of the molecule is O=C(O)c1ccccc1-c1ccc(CN(Cc2cccc(F)c2)C(=O)CCc2ccc(C(F)(F)F)cc2)cc1. The summed E-state index contributed by atoms with van der Waals surface area (Å²) in [5, 5.41) is 9.48. The van der Waals surface area contributed by atoms with Crippen molar-refractivity contribution in [3.8, 4) is 11.1 Å². The summed E-state index contributed by atoms with van der Waals surface area (Å²) < 4.78 is 52.3. The van der Waals surface area contributed by atoms with Crippen molar-refractivity contribution in [1.82, 2.24) is 4.90 Å². The highest BCUT2D eigenvalue weighted by Crippen LogP contribution is 2.29. The van der Waals surface area contributed by atoms with Crippen molar-refractivity contribution in [2.24, 2.45) is 0 Å². The lowest BCUT2D eigenvalue weighted by atomic mass is 9.98. The first kappa shape index (κ1) is 27.6. The zero-order valence-corrected chi connectivity index (χ0v) is 20.8. The second-order valence-corrected chi connectivity index (χ2v) is 9.12. The summed E-state index contributed by atoms with van der Waals surface area (Å²) >= 11 is 0. The molecule has 4 aromatic carbocycles. The van der Waals surface area contributed by atoms with Crippen LogP contribution in [0.4, 0.5) is 17.6 Å². The number of alkyl halides is 3. The largest absolute Gasteiger partial charge is 0.478 e. The zero-order chi connectivity index (χ0) is 28.0. The van der Waals surface area contributed by atoms with Crippen molar-refractivity contribution < 1.29 is 32.3 Å². The first-order valence-electron chi connectivity index (χ1n) is 12.2. The standard InChI is InChI=1S/C31H25F4NO3/c32-26-5-3-4-23(18-26)20-36(29(37)17-12-21-10-15-25(16-11-21)31(33,34)35)19-22-8-13-24(14-9-22)27-6-1-2-7-28(27)30(38)39/h1-11,13-16,18H,12,17,19-20H2,(H,38,39). The molecule has 8 heteroatoms. The Morgan fingerprint density at radius 2 is 1.38 bits per heavy atom. The number of carbonyl (C=O) groups is 2. The van der Waals surface area contributed by atoms with Gasteiger partial charge in [-0.05, 0) is 64.6 Å². The third kappa shape index (κ3) is 7.31. The van der Waals surface area contributed by atoms with Crippen LogP contribution in [0.2, 0.25) is 0 Å². The van der Waals surface area contributed by atoms with Gasteiger partial charge in [0, 0.05) is 19.5 Å². The summed E-state index contributed by atoms with van der Waals surface area (Å²) in [7, 11) is 0. The lowest BCUT2D eigenvalue weighted by Crippen LogP contribution is -2.30. The van der Waals surface area contributed by atoms with Crippen LogP contribution in [0.3, 0.4) is 0 Å². The number of carboxylic acids is 1. The maximum atomic E-state index is 13.8. The van der Waals surface area contributed by atoms with E-state index in [0.717, 1.165) is 17.7 Å². The molecule has 0 fully saturated rings. The van der Waals surface area contributed by atoms with Gasteiger partial charge in [0.25, 0.3) is 0 Å². The van der Waals surface area contributed by atoms with Gasteiger partial charge >= 0.3 is 12.1 Å². The van der Waals surface area contributed by atoms with E-state index in [1.54, 1.807) is 59.5 Å². The summed E-state index contributed by atoms with van der Waals surface area (Å²) in [5.74, 6) is -1.69. The molecule has 200 valence electrons. The molecule has 1 amide bonds. The van der Waals surface area contributed by atoms with Gasteiger partial charge in [-0.3, -0.25) is 4.79 Å². The fourth-order valence-corrected chi connectivity index (χ4v) is 4.29. The lowest BCUT2D eigenvalue weighted by molar-refractivity contribution is -0.137. The van der Waals surface area contributed by atoms with Crippen LogP contribution < -0.4 is 0 Å². The Morgan fingerprint density at radius 3 is 2.03 bits per heavy atom. The van der Waals surface area contributed by atoms with Crippen LogP contribution in [0.5, 0.6) is 0 Å². The molecule has 0 saturated heterocycles. The number of nitrogens with zero attached hydrogens (tertiary/aromatic N) is 1. The summed E-state index contributed by atoms with van der Waals surface area (Å²) in [6, 6.07) is 24.5. The van der Waals surface area contributed by atoms with E-state index in [1.165, 1.54) is 30.3 Å². The Morgan fingerprint density at radius 1 is 0.744 bits per heavy atom. The van der Waals surface area contributed by atoms with Crippen LogP contribution in [-0.4, -0.2) is 21.9 Å². The summed E-state index contributed by atoms with van der Waals surface area (Å²) in [6.07, 6.45) is -4.12. The van der Waals surface area contributed by atoms with Crippen LogP contribution >= 0.6 is 0 Å². The molecule has 0 heterocycles. The lowest BCUT2D eigenvalue weighted by Gasteiger charge is -2.23. The van der Waals surface area contributed by atoms with Crippen molar-refractivity contribution in [2.45, 2.75) is 32.1 Å². The van der Waals surface area contributed by atoms with Gasteiger partial charge in [0.15, 0.2) is 0 Å². The molecule has 1 N–H and O–H groups in total. The molecule has 0 aliphatic carbocycles. The first-order chi connectivity index (χ1) is 18.6. The number of hydrogen-bond donors (Lipinski definition) is 1. The van der Waals surface area contributed by atoms with Crippen molar-refractivity contribution in [3.05, 3.63) is 131 Å². The van der Waals surface area contributed by atoms with Gasteiger partial charge in [-0.25, -0.2) is 9.18 Å². The molecular weight excluding hydrogens is 510 g/mol. The molecule has 0 bridgehead atoms. The van der Waals surface area contributed by atoms with Crippen LogP contribution in [0.25, 0.3) is 11.1 Å². The number of hydrogen-bond acceptors (Lipinski definition) is 2. The second kappa shape index (κ2) is 11.9. The van der Waals surface area contributed by atoms with Crippen molar-refractivity contribution in [1.29, 1.82) is 0 Å². The number of halogens is 4. The molecule has 0 aliphatic rings. The van der Waals surface area contributed by atoms with E-state index in [0.29, 0.717) is 22.3 Å². The number of amides is 1. The topological polar surface area (TPSA) is 57.6 Å². The summed E-state index contributed by atoms with van der Waals surface area (Å²) in [6.45, 7) is 0.358. The van der Waals surface area contributed by atoms with Crippen LogP contribution in [0, 0.1) is 5.82 Å². The van der Waals surface area contributed by atoms with Crippen LogP contribution in [0.1, 0.15) is 39.0 Å². The molecule has 0 saturated carbocycles. The Bertz CT molecular complexity index is 1450. The normalized spacial score (nSPS) is 11.3. The highest BCUT2D eigenvalue weighted by Gasteiger charge is 2.30. The van der Waals surface area contributed by atoms with Crippen molar-refractivity contribution in [3.63, 3.8) is 0 Å². The first-order valence-corrected chi connectivity index (χ1v) is 12.2. The quantitative estimate of drug-likeness (QED) is 0.228. The van der Waals surface area contributed by atoms with Gasteiger partial charge < -0.3 is 10.0 Å². The van der Waals surface area contributed by atoms with Crippen molar-refractivity contribution in [2.75, 3.05) is 0 Å². The average Bonchev–Trinajstić information content (AvgIpc) is 2.91. The fraction of sp³-hybridized carbons (Fsp3) is 0.161. The van der Waals surface area contributed by atoms with E-state index < -0.39 is 23.5 Å². The Kier molecular flexibility index (Phi) is 8.44. The van der Waals surface area contributed by atoms with Crippen LogP contribution in [0.15, 0.2) is 97.1 Å². The monoisotopic (exact) mass is 535 g/mol. The third-order valence-electron chi connectivity index (χ3n) is 6.32. The second-order valence-electron chi connectivity index (χ2n) is 9.12. The van der Waals surface area contributed by atoms with E-state index in [1.807, 2.05) is 0 Å². The molecule has 0 aliphatic heterocycles. The highest BCUT2D eigenvalue weighted by molar-refractivity contribution is 5.96. The van der Waals surface area contributed by atoms with E-state index in [4.69, 9.17) is 0 Å². The predicted octanol–water partition coefficient (Wildman–Crippen LogP) is 7.37. The highest BCUT2D eigenvalue weighted by atomic mass is 19.4. The Balaban J connectivity index is 1.51. The maximum Gasteiger partial charge on any atom is 0.416 e. The number of carbonyl (C=O) groups excluding carboxylic acids is 1. The number of aromatic carboxylic acids is 1. The fourth-order valence-electron chi connectivity index (χ4n) is 4.29. The Hall–Kier alpha value is -4.46. The van der Waals surface area contributed by atoms with Gasteiger partial charge in [0.1, 0.15) is 5.82 Å². The van der Waals surface area contributed by atoms with E-state index in [2.05, 4.69) is 0 Å². The van der Waals surface area contributed by atoms with Crippen molar-refractivity contribution >= 4 is 11.9 Å². The average molecular weight is 536 g/mol. The zero-order valence-electron chi connectivity index (χ0n) is 20.8.